The highest BCUT2D eigenvalue weighted by atomic mass is 16.6. The van der Waals surface area contributed by atoms with Gasteiger partial charge in [-0.2, -0.15) is 0 Å². The lowest BCUT2D eigenvalue weighted by Crippen LogP contribution is -2.47. The summed E-state index contributed by atoms with van der Waals surface area (Å²) in [7, 11) is 0. The van der Waals surface area contributed by atoms with Crippen LogP contribution < -0.4 is 5.73 Å². The number of rotatable bonds is 6. The Balaban J connectivity index is 2.41. The third kappa shape index (κ3) is 4.27. The van der Waals surface area contributed by atoms with Gasteiger partial charge < -0.3 is 10.5 Å². The second kappa shape index (κ2) is 7.14. The molecule has 1 aliphatic heterocycles. The molecule has 27 heavy (non-hydrogen) atoms. The van der Waals surface area contributed by atoms with E-state index in [4.69, 9.17) is 10.5 Å². The SMILES string of the molecule is CC(C)(C)OC(=O)[C@H](CCC(N)=O)N1C(=O)c2ccc([N+](=O)[O-])cc2C1=O. The van der Waals surface area contributed by atoms with Crippen molar-refractivity contribution in [2.75, 3.05) is 0 Å². The fourth-order valence-corrected chi connectivity index (χ4v) is 2.65. The number of ether oxygens (including phenoxy) is 1. The Kier molecular flexibility index (Phi) is 5.29. The highest BCUT2D eigenvalue weighted by molar-refractivity contribution is 6.23. The smallest absolute Gasteiger partial charge is 0.329 e. The number of non-ortho nitro benzene ring substituents is 1. The average molecular weight is 377 g/mol. The van der Waals surface area contributed by atoms with Gasteiger partial charge in [0.15, 0.2) is 0 Å². The maximum Gasteiger partial charge on any atom is 0.329 e. The number of nitrogens with two attached hydrogens (primary N) is 1. The minimum Gasteiger partial charge on any atom is -0.458 e. The summed E-state index contributed by atoms with van der Waals surface area (Å²) in [6.07, 6.45) is -0.463. The minimum atomic E-state index is -1.37. The molecule has 0 bridgehead atoms. The zero-order valence-corrected chi connectivity index (χ0v) is 15.1. The summed E-state index contributed by atoms with van der Waals surface area (Å²) >= 11 is 0. The van der Waals surface area contributed by atoms with Gasteiger partial charge in [0.1, 0.15) is 11.6 Å². The van der Waals surface area contributed by atoms with Gasteiger partial charge in [-0.3, -0.25) is 29.4 Å². The number of fused-ring (bicyclic) bond motifs is 1. The van der Waals surface area contributed by atoms with E-state index in [1.54, 1.807) is 20.8 Å². The molecule has 1 aromatic carbocycles. The highest BCUT2D eigenvalue weighted by Crippen LogP contribution is 2.30. The van der Waals surface area contributed by atoms with Crippen LogP contribution >= 0.6 is 0 Å². The normalized spacial score (nSPS) is 14.7. The Labute approximate surface area is 154 Å². The number of primary amides is 1. The average Bonchev–Trinajstić information content (AvgIpc) is 2.77. The standard InChI is InChI=1S/C17H19N3O7/c1-17(2,3)27-16(24)12(6-7-13(18)21)19-14(22)10-5-4-9(20(25)26)8-11(10)15(19)23/h4-5,8,12H,6-7H2,1-3H3,(H2,18,21)/t12-/m0/s1. The van der Waals surface area contributed by atoms with Crippen LogP contribution in [0.5, 0.6) is 0 Å². The molecular formula is C17H19N3O7. The van der Waals surface area contributed by atoms with Crippen LogP contribution in [-0.2, 0) is 14.3 Å². The van der Waals surface area contributed by atoms with E-state index in [9.17, 15) is 29.3 Å². The Hall–Kier alpha value is -3.30. The number of carbonyl (C=O) groups is 4. The molecule has 144 valence electrons. The molecule has 0 radical (unpaired) electrons. The summed E-state index contributed by atoms with van der Waals surface area (Å²) in [5.41, 5.74) is 3.64. The predicted octanol–water partition coefficient (Wildman–Crippen LogP) is 1.17. The molecule has 1 heterocycles. The number of imide groups is 1. The van der Waals surface area contributed by atoms with Gasteiger partial charge in [-0.05, 0) is 33.3 Å². The zero-order valence-electron chi connectivity index (χ0n) is 15.1. The van der Waals surface area contributed by atoms with Crippen molar-refractivity contribution in [1.29, 1.82) is 0 Å². The number of amides is 3. The number of carbonyl (C=O) groups excluding carboxylic acids is 4. The highest BCUT2D eigenvalue weighted by Gasteiger charge is 2.44. The molecule has 0 saturated heterocycles. The van der Waals surface area contributed by atoms with E-state index in [0.717, 1.165) is 18.2 Å². The lowest BCUT2D eigenvalue weighted by atomic mass is 10.1. The molecule has 0 fully saturated rings. The van der Waals surface area contributed by atoms with Crippen molar-refractivity contribution in [2.24, 2.45) is 5.73 Å². The third-order valence-electron chi connectivity index (χ3n) is 3.77. The first-order valence-electron chi connectivity index (χ1n) is 8.10. The van der Waals surface area contributed by atoms with Crippen LogP contribution in [-0.4, -0.2) is 45.2 Å². The van der Waals surface area contributed by atoms with Gasteiger partial charge in [-0.25, -0.2) is 4.79 Å². The van der Waals surface area contributed by atoms with Crippen LogP contribution in [0.1, 0.15) is 54.3 Å². The number of nitro benzene ring substituents is 1. The van der Waals surface area contributed by atoms with Crippen LogP contribution in [0.2, 0.25) is 0 Å². The first-order valence-corrected chi connectivity index (χ1v) is 8.10. The van der Waals surface area contributed by atoms with E-state index >= 15 is 0 Å². The number of hydrogen-bond acceptors (Lipinski definition) is 7. The number of hydrogen-bond donors (Lipinski definition) is 1. The van der Waals surface area contributed by atoms with Crippen LogP contribution in [0.3, 0.4) is 0 Å². The number of nitrogens with zero attached hydrogens (tertiary/aromatic N) is 2. The molecule has 1 aromatic rings. The first-order chi connectivity index (χ1) is 12.4. The fraction of sp³-hybridized carbons (Fsp3) is 0.412. The molecule has 0 aromatic heterocycles. The number of benzene rings is 1. The summed E-state index contributed by atoms with van der Waals surface area (Å²) in [6, 6.07) is 1.87. The monoisotopic (exact) mass is 377 g/mol. The molecule has 1 atom stereocenters. The summed E-state index contributed by atoms with van der Waals surface area (Å²) in [4.78, 5) is 59.9. The van der Waals surface area contributed by atoms with Gasteiger partial charge in [0, 0.05) is 18.6 Å². The summed E-state index contributed by atoms with van der Waals surface area (Å²) in [5, 5.41) is 10.9. The summed E-state index contributed by atoms with van der Waals surface area (Å²) in [5.74, 6) is -3.23. The molecule has 0 saturated carbocycles. The van der Waals surface area contributed by atoms with Gasteiger partial charge in [0.25, 0.3) is 17.5 Å². The van der Waals surface area contributed by atoms with E-state index in [1.807, 2.05) is 0 Å². The maximum absolute atomic E-state index is 12.7. The van der Waals surface area contributed by atoms with Gasteiger partial charge in [-0.1, -0.05) is 0 Å². The van der Waals surface area contributed by atoms with Crippen LogP contribution in [0.25, 0.3) is 0 Å². The Morgan fingerprint density at radius 3 is 2.33 bits per heavy atom. The molecule has 10 nitrogen and oxygen atoms in total. The van der Waals surface area contributed by atoms with Crippen molar-refractivity contribution in [2.45, 2.75) is 45.3 Å². The van der Waals surface area contributed by atoms with Gasteiger partial charge in [0.05, 0.1) is 16.1 Å². The zero-order chi connectivity index (χ0) is 20.5. The van der Waals surface area contributed by atoms with Gasteiger partial charge in [-0.15, -0.1) is 0 Å². The lowest BCUT2D eigenvalue weighted by Gasteiger charge is -2.28. The second-order valence-corrected chi connectivity index (χ2v) is 7.02. The summed E-state index contributed by atoms with van der Waals surface area (Å²) in [6.45, 7) is 4.84. The predicted molar refractivity (Wildman–Crippen MR) is 91.7 cm³/mol. The Morgan fingerprint density at radius 1 is 1.22 bits per heavy atom. The van der Waals surface area contributed by atoms with Gasteiger partial charge >= 0.3 is 5.97 Å². The Morgan fingerprint density at radius 2 is 1.81 bits per heavy atom. The minimum absolute atomic E-state index is 0.0572. The molecule has 0 spiro atoms. The fourth-order valence-electron chi connectivity index (χ4n) is 2.65. The second-order valence-electron chi connectivity index (χ2n) is 7.02. The van der Waals surface area contributed by atoms with Crippen molar-refractivity contribution in [3.8, 4) is 0 Å². The van der Waals surface area contributed by atoms with Crippen molar-refractivity contribution < 1.29 is 28.8 Å². The third-order valence-corrected chi connectivity index (χ3v) is 3.77. The van der Waals surface area contributed by atoms with Crippen LogP contribution in [0.15, 0.2) is 18.2 Å². The Bertz CT molecular complexity index is 841. The van der Waals surface area contributed by atoms with E-state index in [1.165, 1.54) is 0 Å². The largest absolute Gasteiger partial charge is 0.458 e. The molecule has 0 aliphatic carbocycles. The van der Waals surface area contributed by atoms with Crippen LogP contribution in [0, 0.1) is 10.1 Å². The number of esters is 1. The first kappa shape index (κ1) is 20.0. The van der Waals surface area contributed by atoms with E-state index in [2.05, 4.69) is 0 Å². The molecular weight excluding hydrogens is 358 g/mol. The van der Waals surface area contributed by atoms with Crippen LogP contribution in [0.4, 0.5) is 5.69 Å². The van der Waals surface area contributed by atoms with Crippen molar-refractivity contribution in [3.05, 3.63) is 39.4 Å². The van der Waals surface area contributed by atoms with Crippen molar-refractivity contribution in [3.63, 3.8) is 0 Å². The molecule has 10 heteroatoms. The topological polar surface area (TPSA) is 150 Å². The molecule has 1 aliphatic rings. The van der Waals surface area contributed by atoms with E-state index in [-0.39, 0.29) is 29.7 Å². The van der Waals surface area contributed by atoms with E-state index in [0.29, 0.717) is 4.90 Å². The quantitative estimate of drug-likeness (QED) is 0.338. The van der Waals surface area contributed by atoms with Crippen molar-refractivity contribution >= 4 is 29.4 Å². The lowest BCUT2D eigenvalue weighted by molar-refractivity contribution is -0.384. The number of nitro groups is 1. The molecule has 2 N–H and O–H groups in total. The molecule has 2 rings (SSSR count). The maximum atomic E-state index is 12.7. The molecule has 3 amide bonds. The van der Waals surface area contributed by atoms with E-state index < -0.39 is 40.3 Å². The van der Waals surface area contributed by atoms with Crippen molar-refractivity contribution in [1.82, 2.24) is 4.90 Å². The molecule has 0 unspecified atom stereocenters. The van der Waals surface area contributed by atoms with Gasteiger partial charge in [0.2, 0.25) is 5.91 Å². The summed E-state index contributed by atoms with van der Waals surface area (Å²) < 4.78 is 5.26.